The molecule has 0 saturated heterocycles. The molecular formula is C6H14OS3. The first-order valence-corrected chi connectivity index (χ1v) is 4.68. The molecule has 1 N–H and O–H groups in total. The van der Waals surface area contributed by atoms with Gasteiger partial charge in [0.05, 0.1) is 3.41 Å². The monoisotopic (exact) mass is 198 g/mol. The number of aliphatic hydroxyl groups is 1. The summed E-state index contributed by atoms with van der Waals surface area (Å²) in [4.78, 5) is 0. The topological polar surface area (TPSA) is 20.2 Å². The van der Waals surface area contributed by atoms with Gasteiger partial charge in [-0.15, -0.1) is 0 Å². The Morgan fingerprint density at radius 1 is 1.00 bits per heavy atom. The van der Waals surface area contributed by atoms with E-state index in [1.807, 2.05) is 0 Å². The summed E-state index contributed by atoms with van der Waals surface area (Å²) >= 11 is 12.4. The van der Waals surface area contributed by atoms with Gasteiger partial charge in [-0.25, -0.2) is 0 Å². The van der Waals surface area contributed by atoms with Crippen molar-refractivity contribution in [2.75, 3.05) is 6.61 Å². The molecular weight excluding hydrogens is 184 g/mol. The summed E-state index contributed by atoms with van der Waals surface area (Å²) in [5.41, 5.74) is 0. The summed E-state index contributed by atoms with van der Waals surface area (Å²) in [7, 11) is 0. The number of rotatable bonds is 5. The second-order valence-corrected chi connectivity index (χ2v) is 5.66. The first kappa shape index (κ1) is 11.0. The first-order chi connectivity index (χ1) is 4.56. The molecule has 0 aromatic heterocycles. The van der Waals surface area contributed by atoms with Crippen LogP contribution in [0.1, 0.15) is 25.7 Å². The highest BCUT2D eigenvalue weighted by atomic mass is 32.2. The smallest absolute Gasteiger partial charge is 0.0980 e. The lowest BCUT2D eigenvalue weighted by Gasteiger charge is -2.13. The Kier molecular flexibility index (Phi) is 6.20. The van der Waals surface area contributed by atoms with Crippen LogP contribution in [0.5, 0.6) is 0 Å². The minimum Gasteiger partial charge on any atom is -0.396 e. The predicted molar refractivity (Wildman–Crippen MR) is 55.2 cm³/mol. The van der Waals surface area contributed by atoms with Crippen LogP contribution < -0.4 is 0 Å². The Hall–Kier alpha value is 1.01. The molecule has 0 amide bonds. The van der Waals surface area contributed by atoms with Gasteiger partial charge >= 0.3 is 0 Å². The van der Waals surface area contributed by atoms with Gasteiger partial charge in [-0.1, -0.05) is 12.8 Å². The summed E-state index contributed by atoms with van der Waals surface area (Å²) < 4.78 is -0.449. The standard InChI is InChI=1S/C6H14OS3/c7-5-3-1-2-4-6(8,9)10/h7-10H,1-5H2. The quantitative estimate of drug-likeness (QED) is 0.302. The largest absolute Gasteiger partial charge is 0.396 e. The van der Waals surface area contributed by atoms with Crippen LogP contribution in [0.2, 0.25) is 0 Å². The summed E-state index contributed by atoms with van der Waals surface area (Å²) in [5, 5.41) is 8.44. The average molecular weight is 198 g/mol. The number of hydrogen-bond donors (Lipinski definition) is 4. The van der Waals surface area contributed by atoms with Crippen molar-refractivity contribution >= 4 is 37.9 Å². The third-order valence-corrected chi connectivity index (χ3v) is 1.84. The van der Waals surface area contributed by atoms with Crippen molar-refractivity contribution in [1.29, 1.82) is 0 Å². The van der Waals surface area contributed by atoms with E-state index < -0.39 is 3.41 Å². The van der Waals surface area contributed by atoms with Crippen molar-refractivity contribution in [3.63, 3.8) is 0 Å². The Morgan fingerprint density at radius 2 is 1.60 bits per heavy atom. The van der Waals surface area contributed by atoms with E-state index in [-0.39, 0.29) is 6.61 Å². The second kappa shape index (κ2) is 5.63. The molecule has 0 atom stereocenters. The van der Waals surface area contributed by atoms with E-state index in [1.165, 1.54) is 0 Å². The maximum absolute atomic E-state index is 8.44. The molecule has 0 aliphatic heterocycles. The van der Waals surface area contributed by atoms with Crippen LogP contribution in [0.15, 0.2) is 0 Å². The van der Waals surface area contributed by atoms with E-state index >= 15 is 0 Å². The SMILES string of the molecule is OCCCCCC(S)(S)S. The van der Waals surface area contributed by atoms with Crippen molar-refractivity contribution in [1.82, 2.24) is 0 Å². The normalized spacial score (nSPS) is 12.0. The molecule has 0 unspecified atom stereocenters. The third-order valence-electron chi connectivity index (χ3n) is 1.17. The molecule has 62 valence electrons. The maximum Gasteiger partial charge on any atom is 0.0980 e. The molecule has 1 nitrogen and oxygen atoms in total. The maximum atomic E-state index is 8.44. The lowest BCUT2D eigenvalue weighted by atomic mass is 10.2. The number of thiol groups is 3. The minimum atomic E-state index is -0.449. The molecule has 0 heterocycles. The van der Waals surface area contributed by atoms with E-state index in [9.17, 15) is 0 Å². The Morgan fingerprint density at radius 3 is 2.00 bits per heavy atom. The van der Waals surface area contributed by atoms with Crippen molar-refractivity contribution in [3.05, 3.63) is 0 Å². The molecule has 0 saturated carbocycles. The highest BCUT2D eigenvalue weighted by molar-refractivity contribution is 8.16. The molecule has 0 aromatic carbocycles. The van der Waals surface area contributed by atoms with Gasteiger partial charge in [0.15, 0.2) is 0 Å². The van der Waals surface area contributed by atoms with E-state index in [4.69, 9.17) is 5.11 Å². The fourth-order valence-electron chi connectivity index (χ4n) is 0.651. The van der Waals surface area contributed by atoms with Crippen LogP contribution in [0.25, 0.3) is 0 Å². The lowest BCUT2D eigenvalue weighted by molar-refractivity contribution is 0.283. The van der Waals surface area contributed by atoms with Crippen molar-refractivity contribution in [3.8, 4) is 0 Å². The van der Waals surface area contributed by atoms with Crippen molar-refractivity contribution in [2.45, 2.75) is 29.1 Å². The van der Waals surface area contributed by atoms with Gasteiger partial charge in [0.2, 0.25) is 0 Å². The van der Waals surface area contributed by atoms with Crippen molar-refractivity contribution in [2.24, 2.45) is 0 Å². The zero-order valence-electron chi connectivity index (χ0n) is 5.82. The van der Waals surface area contributed by atoms with E-state index in [1.54, 1.807) is 0 Å². The van der Waals surface area contributed by atoms with Gasteiger partial charge in [-0.05, 0) is 12.8 Å². The summed E-state index contributed by atoms with van der Waals surface area (Å²) in [5.74, 6) is 0. The lowest BCUT2D eigenvalue weighted by Crippen LogP contribution is -2.01. The summed E-state index contributed by atoms with van der Waals surface area (Å²) in [6.07, 6.45) is 3.78. The predicted octanol–water partition coefficient (Wildman–Crippen LogP) is 1.98. The van der Waals surface area contributed by atoms with Gasteiger partial charge in [0, 0.05) is 6.61 Å². The fourth-order valence-corrected chi connectivity index (χ4v) is 1.13. The van der Waals surface area contributed by atoms with E-state index in [0.717, 1.165) is 25.7 Å². The Labute approximate surface area is 78.8 Å². The van der Waals surface area contributed by atoms with Gasteiger partial charge in [-0.3, -0.25) is 0 Å². The zero-order valence-corrected chi connectivity index (χ0v) is 8.51. The second-order valence-electron chi connectivity index (χ2n) is 2.31. The van der Waals surface area contributed by atoms with Gasteiger partial charge in [0.1, 0.15) is 0 Å². The average Bonchev–Trinajstić information content (AvgIpc) is 1.78. The van der Waals surface area contributed by atoms with E-state index in [2.05, 4.69) is 37.9 Å². The first-order valence-electron chi connectivity index (χ1n) is 3.34. The molecule has 0 aliphatic carbocycles. The Bertz CT molecular complexity index is 79.6. The molecule has 0 fully saturated rings. The summed E-state index contributed by atoms with van der Waals surface area (Å²) in [6, 6.07) is 0. The highest BCUT2D eigenvalue weighted by Gasteiger charge is 2.11. The molecule has 0 rings (SSSR count). The fraction of sp³-hybridized carbons (Fsp3) is 1.00. The Balaban J connectivity index is 3.04. The molecule has 0 aromatic rings. The van der Waals surface area contributed by atoms with Gasteiger partial charge in [-0.2, -0.15) is 37.9 Å². The summed E-state index contributed by atoms with van der Waals surface area (Å²) in [6.45, 7) is 0.277. The number of hydrogen-bond acceptors (Lipinski definition) is 4. The minimum absolute atomic E-state index is 0.277. The highest BCUT2D eigenvalue weighted by Crippen LogP contribution is 2.30. The van der Waals surface area contributed by atoms with Crippen molar-refractivity contribution < 1.29 is 5.11 Å². The molecule has 0 bridgehead atoms. The zero-order chi connectivity index (χ0) is 8.04. The molecule has 4 heteroatoms. The molecule has 0 aliphatic rings. The third kappa shape index (κ3) is 9.01. The van der Waals surface area contributed by atoms with Crippen LogP contribution in [-0.2, 0) is 0 Å². The van der Waals surface area contributed by atoms with Gasteiger partial charge < -0.3 is 5.11 Å². The van der Waals surface area contributed by atoms with E-state index in [0.29, 0.717) is 0 Å². The van der Waals surface area contributed by atoms with Crippen LogP contribution >= 0.6 is 37.9 Å². The van der Waals surface area contributed by atoms with Crippen LogP contribution in [-0.4, -0.2) is 15.1 Å². The molecule has 10 heavy (non-hydrogen) atoms. The molecule has 0 spiro atoms. The van der Waals surface area contributed by atoms with Crippen LogP contribution in [0.4, 0.5) is 0 Å². The van der Waals surface area contributed by atoms with Crippen LogP contribution in [0.3, 0.4) is 0 Å². The number of aliphatic hydroxyl groups excluding tert-OH is 1. The van der Waals surface area contributed by atoms with Gasteiger partial charge in [0.25, 0.3) is 0 Å². The van der Waals surface area contributed by atoms with Crippen LogP contribution in [0, 0.1) is 0 Å². The number of unbranched alkanes of at least 4 members (excludes halogenated alkanes) is 2. The molecule has 0 radical (unpaired) electrons.